The van der Waals surface area contributed by atoms with Crippen molar-refractivity contribution in [2.24, 2.45) is 0 Å². The molecule has 0 saturated carbocycles. The fourth-order valence-corrected chi connectivity index (χ4v) is 7.26. The molecule has 0 radical (unpaired) electrons. The van der Waals surface area contributed by atoms with E-state index in [0.717, 1.165) is 122 Å². The Morgan fingerprint density at radius 3 is 1.22 bits per heavy atom. The number of carboxylic acids is 1. The third-order valence-electron chi connectivity index (χ3n) is 11.4. The van der Waals surface area contributed by atoms with Gasteiger partial charge in [-0.15, -0.1) is 0 Å². The van der Waals surface area contributed by atoms with E-state index < -0.39 is 18.1 Å². The first-order chi connectivity index (χ1) is 33.1. The van der Waals surface area contributed by atoms with Crippen LogP contribution < -0.4 is 5.11 Å². The Hall–Kier alpha value is -4.01. The average molecular weight is 946 g/mol. The zero-order valence-electron chi connectivity index (χ0n) is 44.0. The minimum Gasteiger partial charge on any atom is -0.544 e. The molecule has 0 fully saturated rings. The number of carboxylic acid groups (broad SMARTS) is 1. The van der Waals surface area contributed by atoms with Gasteiger partial charge in [-0.2, -0.15) is 0 Å². The van der Waals surface area contributed by atoms with Gasteiger partial charge in [0, 0.05) is 19.3 Å². The number of hydrogen-bond donors (Lipinski definition) is 0. The summed E-state index contributed by atoms with van der Waals surface area (Å²) in [5.74, 6) is -1.78. The molecule has 0 spiro atoms. The third-order valence-corrected chi connectivity index (χ3v) is 11.4. The minimum atomic E-state index is -1.13. The summed E-state index contributed by atoms with van der Waals surface area (Å²) in [6, 6.07) is -0.739. The van der Waals surface area contributed by atoms with E-state index in [1.54, 1.807) is 21.1 Å². The number of carbonyl (C=O) groups is 3. The number of aliphatic carboxylic acids is 1. The van der Waals surface area contributed by atoms with E-state index in [2.05, 4.69) is 123 Å². The second kappa shape index (κ2) is 49.4. The maximum atomic E-state index is 12.8. The second-order valence-corrected chi connectivity index (χ2v) is 18.7. The number of quaternary nitrogens is 1. The van der Waals surface area contributed by atoms with Crippen molar-refractivity contribution < 1.29 is 38.2 Å². The molecule has 68 heavy (non-hydrogen) atoms. The Balaban J connectivity index is 4.31. The van der Waals surface area contributed by atoms with E-state index in [4.69, 9.17) is 14.2 Å². The molecular weight excluding hydrogens is 847 g/mol. The number of ether oxygens (including phenoxy) is 3. The van der Waals surface area contributed by atoms with Crippen LogP contribution in [0, 0.1) is 0 Å². The van der Waals surface area contributed by atoms with Gasteiger partial charge >= 0.3 is 11.9 Å². The largest absolute Gasteiger partial charge is 0.544 e. The summed E-state index contributed by atoms with van der Waals surface area (Å²) >= 11 is 0. The molecule has 0 saturated heterocycles. The van der Waals surface area contributed by atoms with Crippen LogP contribution >= 0.6 is 0 Å². The fraction of sp³-hybridized carbons (Fsp3) is 0.650. The monoisotopic (exact) mass is 946 g/mol. The predicted molar refractivity (Wildman–Crippen MR) is 286 cm³/mol. The van der Waals surface area contributed by atoms with Crippen LogP contribution in [0.1, 0.15) is 200 Å². The molecule has 8 nitrogen and oxygen atoms in total. The maximum absolute atomic E-state index is 12.8. The van der Waals surface area contributed by atoms with Crippen molar-refractivity contribution in [1.82, 2.24) is 0 Å². The van der Waals surface area contributed by atoms with Crippen molar-refractivity contribution >= 4 is 17.9 Å². The van der Waals surface area contributed by atoms with E-state index in [0.29, 0.717) is 12.8 Å². The first-order valence-electron chi connectivity index (χ1n) is 26.9. The number of nitrogens with zero attached hydrogens (tertiary/aromatic N) is 1. The van der Waals surface area contributed by atoms with Crippen LogP contribution in [0.2, 0.25) is 0 Å². The quantitative estimate of drug-likeness (QED) is 0.0259. The summed E-state index contributed by atoms with van der Waals surface area (Å²) in [7, 11) is 5.40. The van der Waals surface area contributed by atoms with Gasteiger partial charge in [0.15, 0.2) is 6.10 Å². The molecule has 386 valence electrons. The van der Waals surface area contributed by atoms with E-state index in [1.165, 1.54) is 44.9 Å². The summed E-state index contributed by atoms with van der Waals surface area (Å²) in [6.45, 7) is 4.48. The van der Waals surface area contributed by atoms with Crippen molar-refractivity contribution in [3.63, 3.8) is 0 Å². The van der Waals surface area contributed by atoms with E-state index in [9.17, 15) is 19.5 Å². The van der Waals surface area contributed by atoms with Gasteiger partial charge in [-0.1, -0.05) is 187 Å². The zero-order chi connectivity index (χ0) is 49.9. The Kier molecular flexibility index (Phi) is 46.5. The van der Waals surface area contributed by atoms with Gasteiger partial charge in [0.1, 0.15) is 12.6 Å². The highest BCUT2D eigenvalue weighted by molar-refractivity contribution is 5.70. The van der Waals surface area contributed by atoms with Crippen LogP contribution in [0.15, 0.2) is 109 Å². The summed E-state index contributed by atoms with van der Waals surface area (Å²) in [5.41, 5.74) is 0. The average Bonchev–Trinajstić information content (AvgIpc) is 3.30. The Morgan fingerprint density at radius 2 is 0.824 bits per heavy atom. The standard InChI is InChI=1S/C60H99NO7/c1-6-8-10-12-14-16-18-20-22-24-26-28-29-31-32-34-36-38-40-42-44-46-48-50-58(62)67-55-56(54-66-53-52-57(60(64)65)61(3,4)5)68-59(63)51-49-47-45-43-41-39-37-35-33-30-27-25-23-21-19-17-15-13-11-9-7-2/h8,10,14-17,20-23,26-28,30-32,35,37,56-57H,6-7,9,11-13,18-19,24-25,29,33-34,36,38-55H2,1-5H3/b10-8+,16-14+,17-15+,22-20+,23-21+,28-26+,30-27+,32-31+,37-35+. The molecular formula is C60H99NO7. The first kappa shape index (κ1) is 64.0. The Morgan fingerprint density at radius 1 is 0.456 bits per heavy atom. The van der Waals surface area contributed by atoms with Crippen LogP contribution in [0.25, 0.3) is 0 Å². The lowest BCUT2D eigenvalue weighted by Gasteiger charge is -2.34. The highest BCUT2D eigenvalue weighted by Gasteiger charge is 2.25. The lowest BCUT2D eigenvalue weighted by atomic mass is 10.1. The van der Waals surface area contributed by atoms with Crippen LogP contribution in [0.4, 0.5) is 0 Å². The van der Waals surface area contributed by atoms with Gasteiger partial charge in [-0.25, -0.2) is 0 Å². The molecule has 0 N–H and O–H groups in total. The summed E-state index contributed by atoms with van der Waals surface area (Å²) in [6.07, 6.45) is 68.3. The molecule has 2 atom stereocenters. The lowest BCUT2D eigenvalue weighted by Crippen LogP contribution is -2.55. The van der Waals surface area contributed by atoms with Crippen molar-refractivity contribution in [3.8, 4) is 0 Å². The molecule has 0 aliphatic heterocycles. The molecule has 8 heteroatoms. The van der Waals surface area contributed by atoms with Crippen molar-refractivity contribution in [1.29, 1.82) is 0 Å². The molecule has 0 rings (SSSR count). The van der Waals surface area contributed by atoms with Crippen LogP contribution in [0.5, 0.6) is 0 Å². The van der Waals surface area contributed by atoms with Crippen LogP contribution in [-0.4, -0.2) is 75.5 Å². The number of rotatable bonds is 47. The topological polar surface area (TPSA) is 102 Å². The fourth-order valence-electron chi connectivity index (χ4n) is 7.26. The maximum Gasteiger partial charge on any atom is 0.306 e. The highest BCUT2D eigenvalue weighted by atomic mass is 16.6. The predicted octanol–water partition coefficient (Wildman–Crippen LogP) is 14.6. The van der Waals surface area contributed by atoms with Crippen LogP contribution in [0.3, 0.4) is 0 Å². The van der Waals surface area contributed by atoms with Gasteiger partial charge in [-0.3, -0.25) is 9.59 Å². The molecule has 0 aliphatic carbocycles. The SMILES string of the molecule is CC/C=C/C/C=C/C/C=C/C/C=C/C/C=C/CCCCCCCCCC(=O)OCC(COCCC(C(=O)[O-])[N+](C)(C)C)OC(=O)CCCCCCC/C=C/C/C=C/C/C=C/C/C=C/CCCCC. The molecule has 0 aromatic heterocycles. The molecule has 0 aromatic rings. The smallest absolute Gasteiger partial charge is 0.306 e. The summed E-state index contributed by atoms with van der Waals surface area (Å²) in [5, 5.41) is 11.7. The lowest BCUT2D eigenvalue weighted by molar-refractivity contribution is -0.889. The summed E-state index contributed by atoms with van der Waals surface area (Å²) in [4.78, 5) is 37.1. The number of allylic oxidation sites excluding steroid dienone is 18. The van der Waals surface area contributed by atoms with E-state index in [-0.39, 0.29) is 42.7 Å². The highest BCUT2D eigenvalue weighted by Crippen LogP contribution is 2.13. The number of esters is 2. The minimum absolute atomic E-state index is 0.0223. The van der Waals surface area contributed by atoms with Gasteiger partial charge in [0.05, 0.1) is 40.3 Å². The molecule has 0 aliphatic rings. The normalized spacial score (nSPS) is 13.7. The molecule has 0 heterocycles. The second-order valence-electron chi connectivity index (χ2n) is 18.7. The molecule has 0 amide bonds. The van der Waals surface area contributed by atoms with Crippen LogP contribution in [-0.2, 0) is 28.6 Å². The molecule has 2 unspecified atom stereocenters. The number of hydrogen-bond acceptors (Lipinski definition) is 7. The van der Waals surface area contributed by atoms with Gasteiger partial charge in [0.25, 0.3) is 0 Å². The van der Waals surface area contributed by atoms with Crippen molar-refractivity contribution in [2.75, 3.05) is 41.0 Å². The number of carbonyl (C=O) groups excluding carboxylic acids is 3. The van der Waals surface area contributed by atoms with E-state index >= 15 is 0 Å². The van der Waals surface area contributed by atoms with Gasteiger partial charge < -0.3 is 28.6 Å². The first-order valence-corrected chi connectivity index (χ1v) is 26.9. The van der Waals surface area contributed by atoms with Gasteiger partial charge in [0.2, 0.25) is 0 Å². The number of unbranched alkanes of at least 4 members (excludes halogenated alkanes) is 15. The summed E-state index contributed by atoms with van der Waals surface area (Å²) < 4.78 is 17.2. The van der Waals surface area contributed by atoms with Crippen molar-refractivity contribution in [3.05, 3.63) is 109 Å². The third kappa shape index (κ3) is 47.1. The molecule has 0 bridgehead atoms. The molecule has 0 aromatic carbocycles. The van der Waals surface area contributed by atoms with E-state index in [1.807, 2.05) is 0 Å². The Bertz CT molecular complexity index is 1470. The van der Waals surface area contributed by atoms with Gasteiger partial charge in [-0.05, 0) is 103 Å². The number of likely N-dealkylation sites (N-methyl/N-ethyl adjacent to an activating group) is 1. The zero-order valence-corrected chi connectivity index (χ0v) is 44.0. The van der Waals surface area contributed by atoms with Crippen molar-refractivity contribution in [2.45, 2.75) is 212 Å². The Labute approximate surface area is 417 Å².